The minimum Gasteiger partial charge on any atom is -0.293 e. The number of benzene rings is 4. The maximum absolute atomic E-state index is 4.81. The fourth-order valence-electron chi connectivity index (χ4n) is 4.34. The van der Waals surface area contributed by atoms with Crippen molar-refractivity contribution in [3.8, 4) is 11.1 Å². The van der Waals surface area contributed by atoms with Gasteiger partial charge in [-0.25, -0.2) is 4.98 Å². The first kappa shape index (κ1) is 15.8. The van der Waals surface area contributed by atoms with Crippen molar-refractivity contribution in [3.63, 3.8) is 0 Å². The lowest BCUT2D eigenvalue weighted by Crippen LogP contribution is -2.16. The number of pyridine rings is 1. The second kappa shape index (κ2) is 5.91. The zero-order valence-corrected chi connectivity index (χ0v) is 16.5. The molecule has 132 valence electrons. The van der Waals surface area contributed by atoms with Crippen LogP contribution in [0.3, 0.4) is 0 Å². The molecule has 2 heterocycles. The molecule has 4 aromatic carbocycles. The summed E-state index contributed by atoms with van der Waals surface area (Å²) in [5.74, 6) is 0.969. The quantitative estimate of drug-likeness (QED) is 0.271. The van der Waals surface area contributed by atoms with Crippen molar-refractivity contribution in [2.75, 3.05) is 4.90 Å². The Morgan fingerprint density at radius 1 is 0.607 bits per heavy atom. The highest BCUT2D eigenvalue weighted by molar-refractivity contribution is 9.10. The van der Waals surface area contributed by atoms with E-state index in [0.29, 0.717) is 0 Å². The van der Waals surface area contributed by atoms with Gasteiger partial charge in [0.15, 0.2) is 0 Å². The van der Waals surface area contributed by atoms with E-state index in [2.05, 4.69) is 99.7 Å². The standard InChI is InChI=1S/C25H15BrN2/c26-20-12-2-7-17-9-4-14-22(24(17)20)28-21-13-3-8-16-6-1-10-18(23(16)21)19-11-5-15-27-25(19)28/h1-15H. The summed E-state index contributed by atoms with van der Waals surface area (Å²) in [6, 6.07) is 30.0. The molecular weight excluding hydrogens is 408 g/mol. The van der Waals surface area contributed by atoms with Crippen molar-refractivity contribution in [1.82, 2.24) is 4.98 Å². The molecule has 1 aliphatic rings. The second-order valence-electron chi connectivity index (χ2n) is 7.01. The third kappa shape index (κ3) is 2.11. The summed E-state index contributed by atoms with van der Waals surface area (Å²) in [6.45, 7) is 0. The molecule has 3 heteroatoms. The average Bonchev–Trinajstić information content (AvgIpc) is 2.74. The van der Waals surface area contributed by atoms with Gasteiger partial charge in [0.2, 0.25) is 0 Å². The van der Waals surface area contributed by atoms with Gasteiger partial charge in [-0.15, -0.1) is 0 Å². The average molecular weight is 423 g/mol. The summed E-state index contributed by atoms with van der Waals surface area (Å²) in [4.78, 5) is 7.11. The molecule has 0 unspecified atom stereocenters. The number of hydrogen-bond donors (Lipinski definition) is 0. The molecule has 28 heavy (non-hydrogen) atoms. The summed E-state index contributed by atoms with van der Waals surface area (Å²) in [5.41, 5.74) is 4.71. The normalized spacial score (nSPS) is 12.4. The van der Waals surface area contributed by atoms with E-state index in [1.54, 1.807) is 0 Å². The third-order valence-corrected chi connectivity index (χ3v) is 6.15. The molecule has 0 amide bonds. The Balaban J connectivity index is 1.80. The predicted octanol–water partition coefficient (Wildman–Crippen LogP) is 7.60. The number of halogens is 1. The number of hydrogen-bond acceptors (Lipinski definition) is 2. The van der Waals surface area contributed by atoms with Crippen LogP contribution in [0.1, 0.15) is 0 Å². The van der Waals surface area contributed by atoms with Crippen LogP contribution in [0.25, 0.3) is 32.7 Å². The molecule has 1 aliphatic heterocycles. The SMILES string of the molecule is Brc1cccc2cccc(N3c4ncccc4-c4cccc5cccc3c45)c12. The highest BCUT2D eigenvalue weighted by atomic mass is 79.9. The van der Waals surface area contributed by atoms with Crippen molar-refractivity contribution >= 4 is 54.7 Å². The lowest BCUT2D eigenvalue weighted by molar-refractivity contribution is 1.19. The number of anilines is 3. The summed E-state index contributed by atoms with van der Waals surface area (Å²) in [5, 5.41) is 4.91. The van der Waals surface area contributed by atoms with E-state index in [0.717, 1.165) is 21.5 Å². The van der Waals surface area contributed by atoms with Crippen LogP contribution >= 0.6 is 15.9 Å². The highest BCUT2D eigenvalue weighted by Crippen LogP contribution is 2.51. The highest BCUT2D eigenvalue weighted by Gasteiger charge is 2.27. The van der Waals surface area contributed by atoms with Crippen LogP contribution in [0, 0.1) is 0 Å². The van der Waals surface area contributed by atoms with E-state index in [-0.39, 0.29) is 0 Å². The maximum Gasteiger partial charge on any atom is 0.145 e. The zero-order chi connectivity index (χ0) is 18.7. The van der Waals surface area contributed by atoms with Crippen LogP contribution in [-0.2, 0) is 0 Å². The first-order chi connectivity index (χ1) is 13.8. The van der Waals surface area contributed by atoms with Crippen LogP contribution < -0.4 is 4.90 Å². The maximum atomic E-state index is 4.81. The van der Waals surface area contributed by atoms with Crippen molar-refractivity contribution in [2.45, 2.75) is 0 Å². The minimum atomic E-state index is 0.969. The molecule has 1 aromatic heterocycles. The Bertz CT molecular complexity index is 1380. The molecule has 0 bridgehead atoms. The van der Waals surface area contributed by atoms with E-state index < -0.39 is 0 Å². The third-order valence-electron chi connectivity index (χ3n) is 5.49. The van der Waals surface area contributed by atoms with Crippen LogP contribution in [-0.4, -0.2) is 4.98 Å². The van der Waals surface area contributed by atoms with E-state index in [4.69, 9.17) is 4.98 Å². The van der Waals surface area contributed by atoms with Crippen molar-refractivity contribution in [2.24, 2.45) is 0 Å². The van der Waals surface area contributed by atoms with Gasteiger partial charge in [-0.05, 0) is 46.7 Å². The van der Waals surface area contributed by atoms with Gasteiger partial charge in [0.05, 0.1) is 11.4 Å². The molecule has 0 saturated carbocycles. The number of rotatable bonds is 1. The number of nitrogens with zero attached hydrogens (tertiary/aromatic N) is 2. The topological polar surface area (TPSA) is 16.1 Å². The number of fused-ring (bicyclic) bond motifs is 3. The molecule has 2 nitrogen and oxygen atoms in total. The van der Waals surface area contributed by atoms with Gasteiger partial charge in [0.1, 0.15) is 5.82 Å². The number of aromatic nitrogens is 1. The largest absolute Gasteiger partial charge is 0.293 e. The lowest BCUT2D eigenvalue weighted by atomic mass is 9.92. The zero-order valence-electron chi connectivity index (χ0n) is 14.9. The Morgan fingerprint density at radius 2 is 1.21 bits per heavy atom. The summed E-state index contributed by atoms with van der Waals surface area (Å²) >= 11 is 3.78. The monoisotopic (exact) mass is 422 g/mol. The van der Waals surface area contributed by atoms with Crippen LogP contribution in [0.15, 0.2) is 95.6 Å². The minimum absolute atomic E-state index is 0.969. The van der Waals surface area contributed by atoms with Gasteiger partial charge in [-0.3, -0.25) is 4.90 Å². The van der Waals surface area contributed by atoms with E-state index in [9.17, 15) is 0 Å². The fourth-order valence-corrected chi connectivity index (χ4v) is 4.92. The molecular formula is C25H15BrN2. The first-order valence-corrected chi connectivity index (χ1v) is 10.1. The molecule has 0 saturated heterocycles. The smallest absolute Gasteiger partial charge is 0.145 e. The van der Waals surface area contributed by atoms with Gasteiger partial charge in [0, 0.05) is 27.0 Å². The van der Waals surface area contributed by atoms with E-state index >= 15 is 0 Å². The van der Waals surface area contributed by atoms with Gasteiger partial charge < -0.3 is 0 Å². The molecule has 0 radical (unpaired) electrons. The molecule has 5 aromatic rings. The van der Waals surface area contributed by atoms with Crippen molar-refractivity contribution < 1.29 is 0 Å². The Kier molecular flexibility index (Phi) is 3.35. The Morgan fingerprint density at radius 3 is 2.00 bits per heavy atom. The first-order valence-electron chi connectivity index (χ1n) is 9.27. The van der Waals surface area contributed by atoms with Crippen LogP contribution in [0.4, 0.5) is 17.2 Å². The van der Waals surface area contributed by atoms with Gasteiger partial charge in [-0.2, -0.15) is 0 Å². The van der Waals surface area contributed by atoms with Crippen LogP contribution in [0.5, 0.6) is 0 Å². The van der Waals surface area contributed by atoms with Gasteiger partial charge in [-0.1, -0.05) is 70.5 Å². The second-order valence-corrected chi connectivity index (χ2v) is 7.86. The van der Waals surface area contributed by atoms with E-state index in [1.165, 1.54) is 32.8 Å². The molecule has 6 rings (SSSR count). The van der Waals surface area contributed by atoms with Crippen LogP contribution in [0.2, 0.25) is 0 Å². The van der Waals surface area contributed by atoms with Gasteiger partial charge >= 0.3 is 0 Å². The fraction of sp³-hybridized carbons (Fsp3) is 0. The molecule has 0 fully saturated rings. The predicted molar refractivity (Wildman–Crippen MR) is 121 cm³/mol. The van der Waals surface area contributed by atoms with E-state index in [1.807, 2.05) is 12.3 Å². The summed E-state index contributed by atoms with van der Waals surface area (Å²) < 4.78 is 1.09. The molecule has 0 spiro atoms. The molecule has 0 atom stereocenters. The summed E-state index contributed by atoms with van der Waals surface area (Å²) in [7, 11) is 0. The Hall–Kier alpha value is -3.17. The van der Waals surface area contributed by atoms with Crippen molar-refractivity contribution in [1.29, 1.82) is 0 Å². The van der Waals surface area contributed by atoms with Gasteiger partial charge in [0.25, 0.3) is 0 Å². The van der Waals surface area contributed by atoms with Crippen molar-refractivity contribution in [3.05, 3.63) is 95.6 Å². The lowest BCUT2D eigenvalue weighted by Gasteiger charge is -2.33. The molecule has 0 aliphatic carbocycles. The summed E-state index contributed by atoms with van der Waals surface area (Å²) in [6.07, 6.45) is 1.88. The molecule has 0 N–H and O–H groups in total. The Labute approximate surface area is 171 Å².